The molecule has 0 unspecified atom stereocenters. The molecule has 0 aliphatic heterocycles. The Morgan fingerprint density at radius 1 is 1.08 bits per heavy atom. The summed E-state index contributed by atoms with van der Waals surface area (Å²) in [5.41, 5.74) is 0. The van der Waals surface area contributed by atoms with Gasteiger partial charge < -0.3 is 15.1 Å². The van der Waals surface area contributed by atoms with Crippen LogP contribution >= 0.6 is 11.3 Å². The van der Waals surface area contributed by atoms with Gasteiger partial charge in [-0.15, -0.1) is 11.3 Å². The minimum atomic E-state index is -0.603. The predicted octanol–water partition coefficient (Wildman–Crippen LogP) is 3.46. The molecule has 1 fully saturated rings. The zero-order valence-electron chi connectivity index (χ0n) is 13.5. The molecule has 0 saturated heterocycles. The first-order valence-electron chi connectivity index (χ1n) is 8.43. The molecule has 0 spiro atoms. The van der Waals surface area contributed by atoms with Crippen LogP contribution in [0.4, 0.5) is 0 Å². The number of hydrogen-bond acceptors (Lipinski definition) is 4. The number of amides is 2. The molecular formula is C18H22N2O3S. The van der Waals surface area contributed by atoms with E-state index in [1.54, 1.807) is 11.3 Å². The van der Waals surface area contributed by atoms with Crippen molar-refractivity contribution in [2.45, 2.75) is 51.1 Å². The van der Waals surface area contributed by atoms with Crippen LogP contribution in [0.2, 0.25) is 0 Å². The van der Waals surface area contributed by atoms with E-state index in [9.17, 15) is 9.59 Å². The van der Waals surface area contributed by atoms with E-state index in [0.717, 1.165) is 36.3 Å². The van der Waals surface area contributed by atoms with Gasteiger partial charge in [-0.05, 0) is 36.4 Å². The molecule has 0 bridgehead atoms. The number of hydrogen-bond donors (Lipinski definition) is 2. The Labute approximate surface area is 145 Å². The highest BCUT2D eigenvalue weighted by Crippen LogP contribution is 2.26. The number of carbonyl (C=O) groups is 2. The summed E-state index contributed by atoms with van der Waals surface area (Å²) in [4.78, 5) is 25.0. The highest BCUT2D eigenvalue weighted by atomic mass is 32.1. The largest absolute Gasteiger partial charge is 0.458 e. The summed E-state index contributed by atoms with van der Waals surface area (Å²) in [7, 11) is 0. The van der Waals surface area contributed by atoms with Crippen LogP contribution in [0.5, 0.6) is 0 Å². The van der Waals surface area contributed by atoms with Crippen molar-refractivity contribution in [2.75, 3.05) is 0 Å². The third kappa shape index (κ3) is 4.47. The molecule has 3 rings (SSSR count). The van der Waals surface area contributed by atoms with E-state index in [4.69, 9.17) is 4.42 Å². The van der Waals surface area contributed by atoms with Crippen LogP contribution in [-0.4, -0.2) is 17.9 Å². The van der Waals surface area contributed by atoms with Crippen LogP contribution in [-0.2, 0) is 16.1 Å². The lowest BCUT2D eigenvalue weighted by molar-refractivity contribution is -0.139. The lowest BCUT2D eigenvalue weighted by Crippen LogP contribution is -2.44. The van der Waals surface area contributed by atoms with Gasteiger partial charge >= 0.3 is 11.8 Å². The third-order valence-electron chi connectivity index (χ3n) is 4.25. The first-order valence-corrected chi connectivity index (χ1v) is 9.31. The van der Waals surface area contributed by atoms with Gasteiger partial charge in [0.25, 0.3) is 0 Å². The minimum Gasteiger partial charge on any atom is -0.458 e. The Morgan fingerprint density at radius 3 is 2.58 bits per heavy atom. The summed E-state index contributed by atoms with van der Waals surface area (Å²) < 4.78 is 5.69. The maximum absolute atomic E-state index is 12.0. The van der Waals surface area contributed by atoms with Gasteiger partial charge in [-0.2, -0.15) is 0 Å². The molecule has 24 heavy (non-hydrogen) atoms. The van der Waals surface area contributed by atoms with Crippen LogP contribution in [0.25, 0.3) is 10.6 Å². The second-order valence-electron chi connectivity index (χ2n) is 6.09. The third-order valence-corrected chi connectivity index (χ3v) is 5.13. The van der Waals surface area contributed by atoms with Crippen LogP contribution in [0, 0.1) is 0 Å². The van der Waals surface area contributed by atoms with Crippen molar-refractivity contribution in [2.24, 2.45) is 0 Å². The van der Waals surface area contributed by atoms with Crippen molar-refractivity contribution in [3.63, 3.8) is 0 Å². The maximum atomic E-state index is 12.0. The average molecular weight is 346 g/mol. The molecule has 1 aliphatic carbocycles. The van der Waals surface area contributed by atoms with E-state index in [-0.39, 0.29) is 12.6 Å². The quantitative estimate of drug-likeness (QED) is 0.658. The molecule has 6 heteroatoms. The van der Waals surface area contributed by atoms with Crippen LogP contribution < -0.4 is 10.6 Å². The predicted molar refractivity (Wildman–Crippen MR) is 93.5 cm³/mol. The summed E-state index contributed by atoms with van der Waals surface area (Å²) in [5, 5.41) is 7.45. The normalized spacial score (nSPS) is 15.7. The van der Waals surface area contributed by atoms with Gasteiger partial charge in [-0.3, -0.25) is 9.59 Å². The van der Waals surface area contributed by atoms with Crippen LogP contribution in [0.1, 0.15) is 44.3 Å². The number of furan rings is 1. The topological polar surface area (TPSA) is 71.3 Å². The van der Waals surface area contributed by atoms with Gasteiger partial charge in [0.05, 0.1) is 11.4 Å². The fourth-order valence-electron chi connectivity index (χ4n) is 2.95. The van der Waals surface area contributed by atoms with E-state index in [1.807, 2.05) is 29.6 Å². The Morgan fingerprint density at radius 2 is 1.88 bits per heavy atom. The van der Waals surface area contributed by atoms with E-state index in [0.29, 0.717) is 5.76 Å². The summed E-state index contributed by atoms with van der Waals surface area (Å²) in [6.07, 6.45) is 6.57. The zero-order chi connectivity index (χ0) is 16.8. The molecular weight excluding hydrogens is 324 g/mol. The number of carbonyl (C=O) groups excluding carboxylic acids is 2. The monoisotopic (exact) mass is 346 g/mol. The van der Waals surface area contributed by atoms with Gasteiger partial charge in [0.2, 0.25) is 0 Å². The van der Waals surface area contributed by atoms with Crippen molar-refractivity contribution in [3.8, 4) is 10.6 Å². The lowest BCUT2D eigenvalue weighted by atomic mass is 10.1. The van der Waals surface area contributed by atoms with Crippen molar-refractivity contribution in [3.05, 3.63) is 35.4 Å². The molecule has 1 saturated carbocycles. The Kier molecular flexibility index (Phi) is 5.69. The Bertz CT molecular complexity index is 670. The summed E-state index contributed by atoms with van der Waals surface area (Å²) >= 11 is 1.59. The second-order valence-corrected chi connectivity index (χ2v) is 7.04. The highest BCUT2D eigenvalue weighted by Gasteiger charge is 2.19. The maximum Gasteiger partial charge on any atom is 0.309 e. The molecule has 0 atom stereocenters. The standard InChI is InChI=1S/C18H22N2O3S/c21-17(18(22)20-13-6-3-1-2-4-7-13)19-12-14-9-10-15(23-14)16-8-5-11-24-16/h5,8-11,13H,1-4,6-7,12H2,(H,19,21)(H,20,22). The van der Waals surface area contributed by atoms with E-state index < -0.39 is 11.8 Å². The van der Waals surface area contributed by atoms with Gasteiger partial charge in [-0.25, -0.2) is 0 Å². The van der Waals surface area contributed by atoms with E-state index >= 15 is 0 Å². The molecule has 128 valence electrons. The molecule has 2 heterocycles. The molecule has 5 nitrogen and oxygen atoms in total. The van der Waals surface area contributed by atoms with Gasteiger partial charge in [0.1, 0.15) is 11.5 Å². The van der Waals surface area contributed by atoms with Crippen LogP contribution in [0.15, 0.2) is 34.1 Å². The SMILES string of the molecule is O=C(NCc1ccc(-c2cccs2)o1)C(=O)NC1CCCCCC1. The first kappa shape index (κ1) is 16.8. The van der Waals surface area contributed by atoms with Crippen LogP contribution in [0.3, 0.4) is 0 Å². The fourth-order valence-corrected chi connectivity index (χ4v) is 3.63. The van der Waals surface area contributed by atoms with Crippen molar-refractivity contribution >= 4 is 23.2 Å². The average Bonchev–Trinajstić information content (AvgIpc) is 3.21. The minimum absolute atomic E-state index is 0.125. The van der Waals surface area contributed by atoms with Gasteiger partial charge in [0, 0.05) is 6.04 Å². The Balaban J connectivity index is 1.47. The zero-order valence-corrected chi connectivity index (χ0v) is 14.4. The number of nitrogens with one attached hydrogen (secondary N) is 2. The molecule has 2 aromatic heterocycles. The highest BCUT2D eigenvalue weighted by molar-refractivity contribution is 7.13. The molecule has 0 aromatic carbocycles. The summed E-state index contributed by atoms with van der Waals surface area (Å²) in [6.45, 7) is 0.211. The van der Waals surface area contributed by atoms with Crippen molar-refractivity contribution < 1.29 is 14.0 Å². The van der Waals surface area contributed by atoms with Crippen molar-refractivity contribution in [1.29, 1.82) is 0 Å². The molecule has 2 N–H and O–H groups in total. The molecule has 0 radical (unpaired) electrons. The molecule has 1 aliphatic rings. The van der Waals surface area contributed by atoms with Gasteiger partial charge in [-0.1, -0.05) is 31.7 Å². The van der Waals surface area contributed by atoms with E-state index in [2.05, 4.69) is 10.6 Å². The van der Waals surface area contributed by atoms with E-state index in [1.165, 1.54) is 12.8 Å². The number of thiophene rings is 1. The summed E-state index contributed by atoms with van der Waals surface area (Å²) in [6, 6.07) is 7.76. The summed E-state index contributed by atoms with van der Waals surface area (Å²) in [5.74, 6) is 0.256. The lowest BCUT2D eigenvalue weighted by Gasteiger charge is -2.15. The smallest absolute Gasteiger partial charge is 0.309 e. The second kappa shape index (κ2) is 8.15. The number of rotatable bonds is 4. The molecule has 2 aromatic rings. The van der Waals surface area contributed by atoms with Gasteiger partial charge in [0.15, 0.2) is 0 Å². The molecule has 2 amide bonds. The first-order chi connectivity index (χ1) is 11.7. The van der Waals surface area contributed by atoms with Crippen molar-refractivity contribution in [1.82, 2.24) is 10.6 Å². The Hall–Kier alpha value is -2.08. The fraction of sp³-hybridized carbons (Fsp3) is 0.444.